The minimum atomic E-state index is -0.285. The third-order valence-corrected chi connectivity index (χ3v) is 7.35. The summed E-state index contributed by atoms with van der Waals surface area (Å²) in [5.74, 6) is 1.40. The molecule has 6 rings (SSSR count). The van der Waals surface area contributed by atoms with Crippen LogP contribution in [-0.2, 0) is 0 Å². The molecule has 3 N–H and O–H groups in total. The minimum absolute atomic E-state index is 0.0572. The third-order valence-electron chi connectivity index (χ3n) is 7.35. The number of anilines is 2. The first kappa shape index (κ1) is 25.8. The normalized spacial score (nSPS) is 17.3. The maximum atomic E-state index is 12.4. The molecule has 1 saturated carbocycles. The van der Waals surface area contributed by atoms with Gasteiger partial charge in [-0.05, 0) is 74.1 Å². The van der Waals surface area contributed by atoms with Gasteiger partial charge in [0.05, 0.1) is 11.5 Å². The Morgan fingerprint density at radius 1 is 1.07 bits per heavy atom. The Hall–Kier alpha value is -4.44. The fourth-order valence-electron chi connectivity index (χ4n) is 5.21. The molecule has 0 unspecified atom stereocenters. The number of hydrogen-bond donors (Lipinski definition) is 3. The number of carbonyl (C=O) groups excluding carboxylic acids is 1. The number of amides is 1. The van der Waals surface area contributed by atoms with Crippen molar-refractivity contribution in [1.29, 1.82) is 0 Å². The largest absolute Gasteiger partial charge is 0.474 e. The van der Waals surface area contributed by atoms with E-state index in [1.54, 1.807) is 25.1 Å². The van der Waals surface area contributed by atoms with Crippen LogP contribution in [0, 0.1) is 13.8 Å². The second-order valence-electron chi connectivity index (χ2n) is 10.6. The molecule has 1 aliphatic rings. The van der Waals surface area contributed by atoms with E-state index in [2.05, 4.69) is 15.3 Å². The Kier molecular flexibility index (Phi) is 6.63. The predicted octanol–water partition coefficient (Wildman–Crippen LogP) is 5.51. The molecule has 0 saturated heterocycles. The van der Waals surface area contributed by atoms with Crippen LogP contribution in [0.3, 0.4) is 0 Å². The fourth-order valence-corrected chi connectivity index (χ4v) is 5.21. The highest BCUT2D eigenvalue weighted by Gasteiger charge is 2.24. The number of H-pyrrole nitrogens is 1. The molecule has 5 aromatic rings. The number of fused-ring (bicyclic) bond motifs is 2. The lowest BCUT2D eigenvalue weighted by molar-refractivity contribution is 0.0652. The summed E-state index contributed by atoms with van der Waals surface area (Å²) in [6.07, 6.45) is 4.45. The number of nitrogens with one attached hydrogen (secondary N) is 2. The van der Waals surface area contributed by atoms with Gasteiger partial charge >= 0.3 is 0 Å². The molecular formula is C30H32N6O4. The van der Waals surface area contributed by atoms with Gasteiger partial charge in [-0.1, -0.05) is 6.07 Å². The van der Waals surface area contributed by atoms with E-state index in [1.807, 2.05) is 50.4 Å². The second-order valence-corrected chi connectivity index (χ2v) is 10.6. The van der Waals surface area contributed by atoms with Crippen LogP contribution in [-0.4, -0.2) is 62.2 Å². The van der Waals surface area contributed by atoms with E-state index in [-0.39, 0.29) is 18.1 Å². The molecule has 1 fully saturated rings. The van der Waals surface area contributed by atoms with Gasteiger partial charge in [0, 0.05) is 44.0 Å². The molecule has 0 aliphatic heterocycles. The molecule has 1 aliphatic carbocycles. The Morgan fingerprint density at radius 3 is 2.62 bits per heavy atom. The van der Waals surface area contributed by atoms with Crippen molar-refractivity contribution in [1.82, 2.24) is 24.8 Å². The summed E-state index contributed by atoms with van der Waals surface area (Å²) in [6, 6.07) is 11.4. The molecule has 10 heteroatoms. The smallest absolute Gasteiger partial charge is 0.253 e. The van der Waals surface area contributed by atoms with Gasteiger partial charge in [-0.3, -0.25) is 4.79 Å². The lowest BCUT2D eigenvalue weighted by atomic mass is 9.95. The van der Waals surface area contributed by atoms with Gasteiger partial charge in [0.25, 0.3) is 5.91 Å². The summed E-state index contributed by atoms with van der Waals surface area (Å²) < 4.78 is 12.3. The summed E-state index contributed by atoms with van der Waals surface area (Å²) >= 11 is 0. The molecule has 3 aromatic heterocycles. The van der Waals surface area contributed by atoms with Crippen LogP contribution in [0.5, 0.6) is 5.88 Å². The third kappa shape index (κ3) is 4.98. The lowest BCUT2D eigenvalue weighted by Gasteiger charge is -2.26. The van der Waals surface area contributed by atoms with Gasteiger partial charge in [0.15, 0.2) is 11.5 Å². The van der Waals surface area contributed by atoms with Crippen LogP contribution in [0.25, 0.3) is 33.3 Å². The summed E-state index contributed by atoms with van der Waals surface area (Å²) in [6.45, 7) is 3.77. The van der Waals surface area contributed by atoms with Gasteiger partial charge in [-0.2, -0.15) is 9.97 Å². The maximum Gasteiger partial charge on any atom is 0.253 e. The number of hydrogen-bond acceptors (Lipinski definition) is 8. The molecule has 0 atom stereocenters. The molecular weight excluding hydrogens is 508 g/mol. The second kappa shape index (κ2) is 10.3. The average Bonchev–Trinajstić information content (AvgIpc) is 3.53. The topological polar surface area (TPSA) is 129 Å². The number of aryl methyl sites for hydroxylation is 2. The van der Waals surface area contributed by atoms with Crippen molar-refractivity contribution < 1.29 is 19.1 Å². The van der Waals surface area contributed by atoms with Gasteiger partial charge < -0.3 is 29.5 Å². The van der Waals surface area contributed by atoms with E-state index < -0.39 is 0 Å². The van der Waals surface area contributed by atoms with Gasteiger partial charge in [-0.15, -0.1) is 0 Å². The minimum Gasteiger partial charge on any atom is -0.474 e. The SMILES string of the molecule is Cc1nc2ccc(-c3c[nH]c4nc(Nc5ccc(C(=O)N(C)C)cc5C)nc(OC5CCC(O)CC5)c34)cc2o1. The highest BCUT2D eigenvalue weighted by Crippen LogP contribution is 2.37. The van der Waals surface area contributed by atoms with E-state index in [0.29, 0.717) is 47.4 Å². The molecule has 0 bridgehead atoms. The Bertz CT molecular complexity index is 1710. The van der Waals surface area contributed by atoms with Crippen LogP contribution >= 0.6 is 0 Å². The van der Waals surface area contributed by atoms with E-state index in [1.165, 1.54) is 0 Å². The van der Waals surface area contributed by atoms with Crippen LogP contribution in [0.1, 0.15) is 47.5 Å². The number of benzene rings is 2. The van der Waals surface area contributed by atoms with E-state index in [9.17, 15) is 9.90 Å². The zero-order chi connectivity index (χ0) is 28.0. The van der Waals surface area contributed by atoms with Gasteiger partial charge in [0.1, 0.15) is 17.3 Å². The number of aliphatic hydroxyl groups excluding tert-OH is 1. The number of ether oxygens (including phenoxy) is 1. The monoisotopic (exact) mass is 540 g/mol. The van der Waals surface area contributed by atoms with Crippen molar-refractivity contribution in [2.75, 3.05) is 19.4 Å². The zero-order valence-corrected chi connectivity index (χ0v) is 23.0. The molecule has 1 amide bonds. The lowest BCUT2D eigenvalue weighted by Crippen LogP contribution is -2.27. The van der Waals surface area contributed by atoms with E-state index in [4.69, 9.17) is 19.1 Å². The predicted molar refractivity (Wildman–Crippen MR) is 153 cm³/mol. The van der Waals surface area contributed by atoms with Gasteiger partial charge in [-0.25, -0.2) is 4.98 Å². The van der Waals surface area contributed by atoms with E-state index >= 15 is 0 Å². The number of nitrogens with zero attached hydrogens (tertiary/aromatic N) is 4. The molecule has 0 spiro atoms. The fraction of sp³-hybridized carbons (Fsp3) is 0.333. The first-order valence-corrected chi connectivity index (χ1v) is 13.5. The summed E-state index contributed by atoms with van der Waals surface area (Å²) in [5.41, 5.74) is 6.26. The number of oxazole rings is 1. The number of aliphatic hydroxyl groups is 1. The number of aromatic amines is 1. The van der Waals surface area contributed by atoms with Crippen molar-refractivity contribution in [2.24, 2.45) is 0 Å². The quantitative estimate of drug-likeness (QED) is 0.257. The average molecular weight is 541 g/mol. The van der Waals surface area contributed by atoms with Crippen molar-refractivity contribution in [3.05, 3.63) is 59.6 Å². The Morgan fingerprint density at radius 2 is 1.88 bits per heavy atom. The van der Waals surface area contributed by atoms with Crippen molar-refractivity contribution >= 4 is 39.7 Å². The van der Waals surface area contributed by atoms with Gasteiger partial charge in [0.2, 0.25) is 11.8 Å². The first-order valence-electron chi connectivity index (χ1n) is 13.5. The standard InChI is InChI=1S/C30H32N6O4/c1-16-13-19(29(38)36(3)4)6-11-23(16)33-30-34-27-26(28(35-30)40-21-9-7-20(37)8-10-21)22(15-31-27)18-5-12-24-25(14-18)39-17(2)32-24/h5-6,11-15,20-21,37H,7-10H2,1-4H3,(H2,31,33,34,35). The molecule has 2 aromatic carbocycles. The molecule has 40 heavy (non-hydrogen) atoms. The number of rotatable bonds is 6. The molecule has 10 nitrogen and oxygen atoms in total. The van der Waals surface area contributed by atoms with Crippen LogP contribution in [0.15, 0.2) is 47.0 Å². The molecule has 3 heterocycles. The summed E-state index contributed by atoms with van der Waals surface area (Å²) in [5, 5.41) is 14.1. The first-order chi connectivity index (χ1) is 19.2. The molecule has 0 radical (unpaired) electrons. The number of carbonyl (C=O) groups is 1. The van der Waals surface area contributed by atoms with Crippen LogP contribution in [0.4, 0.5) is 11.6 Å². The zero-order valence-electron chi connectivity index (χ0n) is 23.0. The Labute approximate surface area is 231 Å². The van der Waals surface area contributed by atoms with Crippen molar-refractivity contribution in [3.63, 3.8) is 0 Å². The Balaban J connectivity index is 1.39. The van der Waals surface area contributed by atoms with Crippen LogP contribution in [0.2, 0.25) is 0 Å². The van der Waals surface area contributed by atoms with Crippen molar-refractivity contribution in [3.8, 4) is 17.0 Å². The van der Waals surface area contributed by atoms with E-state index in [0.717, 1.165) is 46.1 Å². The highest BCUT2D eigenvalue weighted by molar-refractivity contribution is 5.99. The van der Waals surface area contributed by atoms with Crippen LogP contribution < -0.4 is 10.1 Å². The van der Waals surface area contributed by atoms with Crippen molar-refractivity contribution in [2.45, 2.75) is 51.7 Å². The maximum absolute atomic E-state index is 12.4. The number of aromatic nitrogens is 4. The summed E-state index contributed by atoms with van der Waals surface area (Å²) in [4.78, 5) is 31.2. The summed E-state index contributed by atoms with van der Waals surface area (Å²) in [7, 11) is 3.47. The molecule has 206 valence electrons. The highest BCUT2D eigenvalue weighted by atomic mass is 16.5.